The molecule has 5 atom stereocenters. The summed E-state index contributed by atoms with van der Waals surface area (Å²) in [6, 6.07) is 48.0. The molecule has 2 heterocycles. The summed E-state index contributed by atoms with van der Waals surface area (Å²) in [6.45, 7) is 3.33. The summed E-state index contributed by atoms with van der Waals surface area (Å²) >= 11 is 6.35. The monoisotopic (exact) mass is 908 g/mol. The molecule has 5 aromatic rings. The van der Waals surface area contributed by atoms with Gasteiger partial charge in [0.25, 0.3) is 5.84 Å². The van der Waals surface area contributed by atoms with Crippen molar-refractivity contribution >= 4 is 33.3 Å². The van der Waals surface area contributed by atoms with Gasteiger partial charge in [-0.2, -0.15) is 13.2 Å². The maximum atomic E-state index is 10.7. The average Bonchev–Trinajstić information content (AvgIpc) is 3.29. The van der Waals surface area contributed by atoms with E-state index in [0.29, 0.717) is 37.2 Å². The number of hydrogen-bond donors (Lipinski definition) is 2. The fourth-order valence-electron chi connectivity index (χ4n) is 6.60. The van der Waals surface area contributed by atoms with Crippen molar-refractivity contribution in [3.8, 4) is 0 Å². The Labute approximate surface area is 370 Å². The smallest absolute Gasteiger partial charge is 0.485 e. The third-order valence-corrected chi connectivity index (χ3v) is 10.6. The van der Waals surface area contributed by atoms with Gasteiger partial charge in [-0.05, 0) is 46.5 Å². The molecule has 0 amide bonds. The summed E-state index contributed by atoms with van der Waals surface area (Å²) in [4.78, 5) is 3.45. The van der Waals surface area contributed by atoms with Crippen LogP contribution in [0.2, 0.25) is 5.02 Å². The van der Waals surface area contributed by atoms with Gasteiger partial charge in [-0.15, -0.1) is 0 Å². The van der Waals surface area contributed by atoms with Gasteiger partial charge in [0.1, 0.15) is 30.2 Å². The molecule has 0 spiro atoms. The van der Waals surface area contributed by atoms with E-state index in [9.17, 15) is 13.2 Å². The first-order valence-electron chi connectivity index (χ1n) is 20.2. The summed E-state index contributed by atoms with van der Waals surface area (Å²) in [5.74, 6) is 1.44. The standard InChI is InChI=1S/C46H47ClN2O6.CHF3O3S/c47-39-24-22-38(23-25-39)40(28-42-48-26-13-27-49-42)54-46-45(53-32-37-20-11-4-12-21-37)44(52-31-36-18-9-3-10-19-36)43(51-30-35-16-7-2-8-17-35)41(55-46)33-50-29-34-14-5-1-6-15-34;2-1(3,4)8(5,6)7/h1-12,14-25,28,41,43-46H,13,26-27,29-33H2,(H,48,49);(H,5,6,7)/b40-28+;/t41-,43-,44+,45-,46+;/m1./s1. The van der Waals surface area contributed by atoms with Crippen LogP contribution in [-0.2, 0) is 65.0 Å². The van der Waals surface area contributed by atoms with Crippen LogP contribution in [0.15, 0.2) is 152 Å². The number of benzene rings is 5. The summed E-state index contributed by atoms with van der Waals surface area (Å²) in [7, 11) is -6.09. The van der Waals surface area contributed by atoms with E-state index >= 15 is 0 Å². The lowest BCUT2D eigenvalue weighted by Crippen LogP contribution is -2.78. The van der Waals surface area contributed by atoms with Gasteiger partial charge in [0.15, 0.2) is 10.1 Å². The zero-order valence-electron chi connectivity index (χ0n) is 34.1. The second kappa shape index (κ2) is 23.5. The summed E-state index contributed by atoms with van der Waals surface area (Å²) in [5.41, 5.74) is -0.681. The van der Waals surface area contributed by atoms with E-state index in [1.54, 1.807) is 0 Å². The van der Waals surface area contributed by atoms with E-state index in [1.807, 2.05) is 140 Å². The van der Waals surface area contributed by atoms with Gasteiger partial charge < -0.3 is 33.0 Å². The quantitative estimate of drug-likeness (QED) is 0.0575. The first kappa shape index (κ1) is 47.4. The number of nitrogens with one attached hydrogen (secondary N) is 2. The minimum atomic E-state index is -6.09. The van der Waals surface area contributed by atoms with Crippen LogP contribution in [0.25, 0.3) is 5.76 Å². The van der Waals surface area contributed by atoms with Crippen LogP contribution < -0.4 is 10.3 Å². The lowest BCUT2D eigenvalue weighted by molar-refractivity contribution is -0.463. The number of alkyl halides is 3. The van der Waals surface area contributed by atoms with E-state index in [0.717, 1.165) is 53.2 Å². The molecular weight excluding hydrogens is 861 g/mol. The maximum Gasteiger partial charge on any atom is 0.485 e. The Bertz CT molecular complexity index is 2290. The molecule has 16 heteroatoms. The molecule has 2 aliphatic heterocycles. The summed E-state index contributed by atoms with van der Waals surface area (Å²) in [5, 5.41) is 4.08. The first-order chi connectivity index (χ1) is 30.4. The van der Waals surface area contributed by atoms with E-state index in [4.69, 9.17) is 53.0 Å². The molecule has 0 aliphatic carbocycles. The van der Waals surface area contributed by atoms with Crippen molar-refractivity contribution in [1.82, 2.24) is 5.32 Å². The second-order valence-corrected chi connectivity index (χ2v) is 16.3. The fraction of sp³-hybridized carbons (Fsp3) is 0.298. The highest BCUT2D eigenvalue weighted by Gasteiger charge is 2.50. The summed E-state index contributed by atoms with van der Waals surface area (Å²) < 4.78 is 99.8. The molecule has 2 N–H and O–H groups in total. The molecule has 0 radical (unpaired) electrons. The molecule has 5 aromatic carbocycles. The molecule has 0 saturated carbocycles. The molecule has 0 bridgehead atoms. The zero-order valence-corrected chi connectivity index (χ0v) is 35.6. The highest BCUT2D eigenvalue weighted by atomic mass is 35.5. The van der Waals surface area contributed by atoms with Crippen molar-refractivity contribution in [3.63, 3.8) is 0 Å². The predicted molar refractivity (Wildman–Crippen MR) is 230 cm³/mol. The van der Waals surface area contributed by atoms with Crippen molar-refractivity contribution < 1.29 is 59.6 Å². The molecule has 334 valence electrons. The van der Waals surface area contributed by atoms with Gasteiger partial charge in [-0.25, -0.2) is 8.42 Å². The molecule has 0 unspecified atom stereocenters. The van der Waals surface area contributed by atoms with E-state index < -0.39 is 46.3 Å². The predicted octanol–water partition coefficient (Wildman–Crippen LogP) is 6.92. The van der Waals surface area contributed by atoms with Crippen molar-refractivity contribution in [2.24, 2.45) is 0 Å². The number of halogens is 4. The molecule has 1 saturated heterocycles. The van der Waals surface area contributed by atoms with Gasteiger partial charge >= 0.3 is 5.51 Å². The highest BCUT2D eigenvalue weighted by Crippen LogP contribution is 2.34. The van der Waals surface area contributed by atoms with Crippen molar-refractivity contribution in [2.75, 3.05) is 19.7 Å². The third kappa shape index (κ3) is 15.0. The van der Waals surface area contributed by atoms with Crippen molar-refractivity contribution in [1.29, 1.82) is 0 Å². The van der Waals surface area contributed by atoms with Gasteiger partial charge in [0, 0.05) is 17.0 Å². The van der Waals surface area contributed by atoms with Crippen LogP contribution in [0.1, 0.15) is 34.2 Å². The molecule has 7 rings (SSSR count). The Kier molecular flexibility index (Phi) is 17.7. The molecule has 2 aliphatic rings. The van der Waals surface area contributed by atoms with E-state index in [-0.39, 0.29) is 6.61 Å². The molecular formula is C47H48ClF3N2O9S. The topological polar surface area (TPSA) is 139 Å². The molecule has 0 aromatic heterocycles. The highest BCUT2D eigenvalue weighted by molar-refractivity contribution is 7.86. The fourth-order valence-corrected chi connectivity index (χ4v) is 6.72. The number of amidine groups is 1. The lowest BCUT2D eigenvalue weighted by atomic mass is 9.97. The Balaban J connectivity index is 0.000000753. The Morgan fingerprint density at radius 2 is 1.17 bits per heavy atom. The average molecular weight is 909 g/mol. The Hall–Kier alpha value is -5.10. The van der Waals surface area contributed by atoms with Gasteiger partial charge in [0.05, 0.1) is 52.2 Å². The van der Waals surface area contributed by atoms with E-state index in [2.05, 4.69) is 22.4 Å². The van der Waals surface area contributed by atoms with Crippen LogP contribution in [0, 0.1) is 0 Å². The van der Waals surface area contributed by atoms with Gasteiger partial charge in [-0.3, -0.25) is 10.3 Å². The van der Waals surface area contributed by atoms with Gasteiger partial charge in [0.2, 0.25) is 6.29 Å². The van der Waals surface area contributed by atoms with Crippen molar-refractivity contribution in [3.05, 3.63) is 185 Å². The number of ether oxygens (including phenoxy) is 6. The van der Waals surface area contributed by atoms with Gasteiger partial charge in [-0.1, -0.05) is 133 Å². The minimum Gasteiger partial charge on any atom is -0.741 e. The number of hydrogen-bond acceptors (Lipinski definition) is 10. The second-order valence-electron chi connectivity index (χ2n) is 14.5. The summed E-state index contributed by atoms with van der Waals surface area (Å²) in [6.07, 6.45) is -0.439. The normalized spacial score (nSPS) is 20.4. The van der Waals surface area contributed by atoms with Crippen LogP contribution >= 0.6 is 11.6 Å². The minimum absolute atomic E-state index is 0.227. The molecule has 63 heavy (non-hydrogen) atoms. The number of rotatable bonds is 17. The maximum absolute atomic E-state index is 10.7. The first-order valence-corrected chi connectivity index (χ1v) is 22.0. The Morgan fingerprint density at radius 3 is 1.63 bits per heavy atom. The SMILES string of the molecule is Clc1ccc(/C(=C\C2=[NH+]CCCN2)O[C@H]2O[C@H](COCc3ccccc3)[C@@H](OCc3ccccc3)[C@H](OCc3ccccc3)[C@H]2OCc2ccccc2)cc1.O=S(=O)([O-])C(F)(F)F. The zero-order chi connectivity index (χ0) is 44.5. The lowest BCUT2D eigenvalue weighted by Gasteiger charge is -2.46. The van der Waals surface area contributed by atoms with E-state index in [1.165, 1.54) is 0 Å². The van der Waals surface area contributed by atoms with Crippen LogP contribution in [0.4, 0.5) is 13.2 Å². The van der Waals surface area contributed by atoms with Crippen LogP contribution in [0.5, 0.6) is 0 Å². The van der Waals surface area contributed by atoms with Crippen molar-refractivity contribution in [2.45, 2.75) is 69.1 Å². The molecule has 11 nitrogen and oxygen atoms in total. The largest absolute Gasteiger partial charge is 0.741 e. The van der Waals surface area contributed by atoms with Crippen LogP contribution in [0.3, 0.4) is 0 Å². The van der Waals surface area contributed by atoms with Crippen LogP contribution in [-0.4, -0.2) is 74.7 Å². The third-order valence-electron chi connectivity index (χ3n) is 9.76. The molecule has 1 fully saturated rings. The Morgan fingerprint density at radius 1 is 0.714 bits per heavy atom.